The molecule has 0 fully saturated rings. The number of non-ortho nitro benzene ring substituents is 1. The average Bonchev–Trinajstić information content (AvgIpc) is 2.68. The Bertz CT molecular complexity index is 654. The number of hydrogen-bond acceptors (Lipinski definition) is 4. The molecule has 1 aliphatic heterocycles. The van der Waals surface area contributed by atoms with Gasteiger partial charge in [-0.3, -0.25) is 19.9 Å². The maximum absolute atomic E-state index is 11.6. The molecular weight excluding hydrogens is 220 g/mol. The molecule has 0 unspecified atom stereocenters. The van der Waals surface area contributed by atoms with Gasteiger partial charge in [-0.1, -0.05) is 0 Å². The zero-order valence-corrected chi connectivity index (χ0v) is 8.58. The lowest BCUT2D eigenvalue weighted by atomic mass is 10.0. The van der Waals surface area contributed by atoms with Crippen LogP contribution in [0.4, 0.5) is 5.69 Å². The second-order valence-corrected chi connectivity index (χ2v) is 3.77. The second kappa shape index (κ2) is 3.21. The van der Waals surface area contributed by atoms with Gasteiger partial charge in [-0.05, 0) is 23.3 Å². The summed E-state index contributed by atoms with van der Waals surface area (Å²) in [6, 6.07) is 4.55. The molecule has 0 N–H and O–H groups in total. The first-order chi connectivity index (χ1) is 8.16. The number of rotatable bonds is 1. The molecule has 1 heterocycles. The number of benzene rings is 1. The van der Waals surface area contributed by atoms with E-state index in [9.17, 15) is 14.9 Å². The Morgan fingerprint density at radius 2 is 2.06 bits per heavy atom. The number of nitro benzene ring substituents is 1. The number of carbonyl (C=O) groups is 1. The fourth-order valence-corrected chi connectivity index (χ4v) is 2.00. The van der Waals surface area contributed by atoms with Crippen LogP contribution in [0.1, 0.15) is 11.1 Å². The normalized spacial score (nSPS) is 16.1. The fourth-order valence-electron chi connectivity index (χ4n) is 2.00. The minimum absolute atomic E-state index is 0.0215. The summed E-state index contributed by atoms with van der Waals surface area (Å²) in [4.78, 5) is 25.6. The van der Waals surface area contributed by atoms with Crippen LogP contribution in [-0.4, -0.2) is 16.9 Å². The number of ketones is 1. The molecule has 2 aliphatic rings. The minimum Gasteiger partial charge on any atom is -0.288 e. The molecule has 5 heteroatoms. The zero-order chi connectivity index (χ0) is 12.0. The van der Waals surface area contributed by atoms with Crippen molar-refractivity contribution in [1.29, 1.82) is 0 Å². The number of Topliss-reactive ketones (excluding diaryl/α,β-unsaturated/α-hetero) is 1. The van der Waals surface area contributed by atoms with Crippen molar-refractivity contribution in [2.75, 3.05) is 0 Å². The van der Waals surface area contributed by atoms with Crippen molar-refractivity contribution in [3.05, 3.63) is 51.2 Å². The molecule has 5 nitrogen and oxygen atoms in total. The predicted octanol–water partition coefficient (Wildman–Crippen LogP) is 1.99. The molecule has 0 saturated carbocycles. The van der Waals surface area contributed by atoms with Gasteiger partial charge >= 0.3 is 0 Å². The molecular formula is C12H6N2O3. The van der Waals surface area contributed by atoms with E-state index in [-0.39, 0.29) is 11.5 Å². The maximum Gasteiger partial charge on any atom is 0.270 e. The lowest BCUT2D eigenvalue weighted by Gasteiger charge is -2.05. The first kappa shape index (κ1) is 9.65. The number of hydrogen-bond donors (Lipinski definition) is 0. The Morgan fingerprint density at radius 3 is 2.82 bits per heavy atom. The Morgan fingerprint density at radius 1 is 1.24 bits per heavy atom. The standard InChI is InChI=1S/C12H6N2O3/c15-12-6-13-5-11-9-2-1-8(14(16)17)3-7(9)4-10(11)12/h1-6H. The average molecular weight is 226 g/mol. The van der Waals surface area contributed by atoms with Crippen molar-refractivity contribution < 1.29 is 9.72 Å². The smallest absolute Gasteiger partial charge is 0.270 e. The summed E-state index contributed by atoms with van der Waals surface area (Å²) >= 11 is 0. The maximum atomic E-state index is 11.6. The minimum atomic E-state index is -0.451. The van der Waals surface area contributed by atoms with Crippen molar-refractivity contribution in [1.82, 2.24) is 0 Å². The van der Waals surface area contributed by atoms with E-state index in [0.29, 0.717) is 11.1 Å². The van der Waals surface area contributed by atoms with Crippen molar-refractivity contribution >= 4 is 29.3 Å². The van der Waals surface area contributed by atoms with Crippen LogP contribution in [0.2, 0.25) is 0 Å². The fraction of sp³-hybridized carbons (Fsp3) is 0. The van der Waals surface area contributed by atoms with Gasteiger partial charge < -0.3 is 0 Å². The third-order valence-corrected chi connectivity index (χ3v) is 2.79. The van der Waals surface area contributed by atoms with E-state index in [2.05, 4.69) is 4.99 Å². The van der Waals surface area contributed by atoms with Crippen LogP contribution in [0.15, 0.2) is 35.0 Å². The summed E-state index contributed by atoms with van der Waals surface area (Å²) in [7, 11) is 0. The molecule has 0 atom stereocenters. The van der Waals surface area contributed by atoms with Gasteiger partial charge in [-0.25, -0.2) is 0 Å². The summed E-state index contributed by atoms with van der Waals surface area (Å²) in [6.07, 6.45) is 4.52. The predicted molar refractivity (Wildman–Crippen MR) is 62.5 cm³/mol. The number of nitro groups is 1. The van der Waals surface area contributed by atoms with E-state index >= 15 is 0 Å². The molecule has 3 rings (SSSR count). The van der Waals surface area contributed by atoms with Crippen LogP contribution in [0.3, 0.4) is 0 Å². The van der Waals surface area contributed by atoms with Crippen LogP contribution in [0, 0.1) is 10.1 Å². The Balaban J connectivity index is 2.19. The number of aliphatic imine (C=N–C) groups is 1. The van der Waals surface area contributed by atoms with E-state index in [1.807, 2.05) is 0 Å². The lowest BCUT2D eigenvalue weighted by molar-refractivity contribution is -0.384. The highest BCUT2D eigenvalue weighted by Crippen LogP contribution is 2.38. The number of nitrogens with zero attached hydrogens (tertiary/aromatic N) is 2. The number of allylic oxidation sites excluding steroid dienone is 2. The van der Waals surface area contributed by atoms with Crippen molar-refractivity contribution in [2.24, 2.45) is 4.99 Å². The van der Waals surface area contributed by atoms with Gasteiger partial charge in [-0.15, -0.1) is 0 Å². The molecule has 0 spiro atoms. The van der Waals surface area contributed by atoms with Gasteiger partial charge in [0.2, 0.25) is 5.78 Å². The highest BCUT2D eigenvalue weighted by Gasteiger charge is 2.26. The largest absolute Gasteiger partial charge is 0.288 e. The van der Waals surface area contributed by atoms with Gasteiger partial charge in [0.05, 0.1) is 11.1 Å². The quantitative estimate of drug-likeness (QED) is 0.543. The van der Waals surface area contributed by atoms with Gasteiger partial charge in [0.1, 0.15) is 0 Å². The van der Waals surface area contributed by atoms with Gasteiger partial charge in [0, 0.05) is 29.5 Å². The van der Waals surface area contributed by atoms with Crippen molar-refractivity contribution in [3.8, 4) is 0 Å². The molecule has 1 aromatic carbocycles. The van der Waals surface area contributed by atoms with E-state index in [1.165, 1.54) is 18.3 Å². The molecule has 0 amide bonds. The Labute approximate surface area is 95.9 Å². The van der Waals surface area contributed by atoms with Crippen molar-refractivity contribution in [2.45, 2.75) is 0 Å². The first-order valence-electron chi connectivity index (χ1n) is 4.95. The highest BCUT2D eigenvalue weighted by atomic mass is 16.6. The van der Waals surface area contributed by atoms with Gasteiger partial charge in [-0.2, -0.15) is 0 Å². The van der Waals surface area contributed by atoms with Gasteiger partial charge in [0.25, 0.3) is 5.69 Å². The van der Waals surface area contributed by atoms with Crippen molar-refractivity contribution in [3.63, 3.8) is 0 Å². The molecule has 0 radical (unpaired) electrons. The topological polar surface area (TPSA) is 72.6 Å². The van der Waals surface area contributed by atoms with E-state index in [1.54, 1.807) is 18.3 Å². The first-order valence-corrected chi connectivity index (χ1v) is 4.95. The van der Waals surface area contributed by atoms with Crippen LogP contribution in [0.25, 0.3) is 11.6 Å². The summed E-state index contributed by atoms with van der Waals surface area (Å²) in [6.45, 7) is 0. The highest BCUT2D eigenvalue weighted by molar-refractivity contribution is 6.43. The summed E-state index contributed by atoms with van der Waals surface area (Å²) in [5.41, 5.74) is 2.82. The summed E-state index contributed by atoms with van der Waals surface area (Å²) < 4.78 is 0. The lowest BCUT2D eigenvalue weighted by Crippen LogP contribution is -2.06. The third kappa shape index (κ3) is 1.32. The van der Waals surface area contributed by atoms with Crippen LogP contribution < -0.4 is 0 Å². The molecule has 1 aromatic rings. The molecule has 0 aromatic heterocycles. The van der Waals surface area contributed by atoms with Crippen LogP contribution >= 0.6 is 0 Å². The Hall–Kier alpha value is -2.56. The molecule has 1 aliphatic carbocycles. The summed E-state index contributed by atoms with van der Waals surface area (Å²) in [5, 5.41) is 10.7. The second-order valence-electron chi connectivity index (χ2n) is 3.77. The SMILES string of the molecule is O=C1C=NC=C2C1=Cc1cc([N+](=O)[O-])ccc12. The molecule has 17 heavy (non-hydrogen) atoms. The summed E-state index contributed by atoms with van der Waals surface area (Å²) in [5.74, 6) is -0.165. The number of carbonyl (C=O) groups excluding carboxylic acids is 1. The Kier molecular flexibility index (Phi) is 1.82. The number of fused-ring (bicyclic) bond motifs is 3. The van der Waals surface area contributed by atoms with E-state index in [4.69, 9.17) is 0 Å². The molecule has 82 valence electrons. The van der Waals surface area contributed by atoms with Crippen LogP contribution in [-0.2, 0) is 4.79 Å². The molecule has 0 bridgehead atoms. The zero-order valence-electron chi connectivity index (χ0n) is 8.58. The molecule has 0 saturated heterocycles. The monoisotopic (exact) mass is 226 g/mol. The third-order valence-electron chi connectivity index (χ3n) is 2.79. The van der Waals surface area contributed by atoms with E-state index in [0.717, 1.165) is 11.1 Å². The van der Waals surface area contributed by atoms with E-state index < -0.39 is 4.92 Å². The van der Waals surface area contributed by atoms with Crippen LogP contribution in [0.5, 0.6) is 0 Å². The van der Waals surface area contributed by atoms with Gasteiger partial charge in [0.15, 0.2) is 0 Å².